The third-order valence-corrected chi connectivity index (χ3v) is 5.24. The van der Waals surface area contributed by atoms with Crippen molar-refractivity contribution in [2.45, 2.75) is 82.6 Å². The highest BCUT2D eigenvalue weighted by molar-refractivity contribution is 5.30. The Balaban J connectivity index is 1.89. The maximum Gasteiger partial charge on any atom is 0.104 e. The molecule has 2 nitrogen and oxygen atoms in total. The number of nitrogens with two attached hydrogens (primary N) is 1. The van der Waals surface area contributed by atoms with E-state index in [2.05, 4.69) is 44.2 Å². The second kappa shape index (κ2) is 7.79. The van der Waals surface area contributed by atoms with Crippen molar-refractivity contribution in [3.8, 4) is 6.07 Å². The van der Waals surface area contributed by atoms with Gasteiger partial charge < -0.3 is 5.73 Å². The minimum absolute atomic E-state index is 0.457. The molecule has 0 bridgehead atoms. The molecule has 1 aliphatic rings. The molecule has 0 saturated heterocycles. The van der Waals surface area contributed by atoms with E-state index in [1.54, 1.807) is 0 Å². The van der Waals surface area contributed by atoms with Gasteiger partial charge in [0.05, 0.1) is 6.07 Å². The molecule has 3 unspecified atom stereocenters. The van der Waals surface area contributed by atoms with Crippen molar-refractivity contribution >= 4 is 0 Å². The summed E-state index contributed by atoms with van der Waals surface area (Å²) in [5.41, 5.74) is 8.27. The van der Waals surface area contributed by atoms with Crippen LogP contribution in [0.1, 0.15) is 88.2 Å². The van der Waals surface area contributed by atoms with Crippen LogP contribution in [0.25, 0.3) is 0 Å². The molecule has 0 radical (unpaired) electrons. The number of rotatable bonds is 7. The lowest BCUT2D eigenvalue weighted by atomic mass is 9.90. The van der Waals surface area contributed by atoms with Crippen LogP contribution in [0, 0.1) is 11.3 Å². The van der Waals surface area contributed by atoms with Crippen molar-refractivity contribution < 1.29 is 0 Å². The largest absolute Gasteiger partial charge is 0.313 e. The first kappa shape index (κ1) is 17.0. The summed E-state index contributed by atoms with van der Waals surface area (Å²) in [7, 11) is 0. The van der Waals surface area contributed by atoms with Crippen LogP contribution in [0.4, 0.5) is 0 Å². The summed E-state index contributed by atoms with van der Waals surface area (Å²) in [5, 5.41) is 9.15. The van der Waals surface area contributed by atoms with E-state index < -0.39 is 5.54 Å². The smallest absolute Gasteiger partial charge is 0.104 e. The van der Waals surface area contributed by atoms with Crippen molar-refractivity contribution in [2.24, 2.45) is 5.73 Å². The molecule has 3 atom stereocenters. The molecule has 2 heteroatoms. The van der Waals surface area contributed by atoms with Crippen molar-refractivity contribution in [3.63, 3.8) is 0 Å². The summed E-state index contributed by atoms with van der Waals surface area (Å²) in [6.45, 7) is 4.59. The summed E-state index contributed by atoms with van der Waals surface area (Å²) in [4.78, 5) is 0. The molecule has 1 fully saturated rings. The third-order valence-electron chi connectivity index (χ3n) is 5.24. The quantitative estimate of drug-likeness (QED) is 0.699. The summed E-state index contributed by atoms with van der Waals surface area (Å²) >= 11 is 0. The van der Waals surface area contributed by atoms with Gasteiger partial charge in [-0.3, -0.25) is 0 Å². The second-order valence-electron chi connectivity index (χ2n) is 7.12. The molecular weight excluding hydrogens is 268 g/mol. The Kier molecular flexibility index (Phi) is 6.03. The summed E-state index contributed by atoms with van der Waals surface area (Å²) in [6, 6.07) is 11.4. The van der Waals surface area contributed by atoms with Crippen LogP contribution in [0.15, 0.2) is 24.3 Å². The normalized spacial score (nSPS) is 25.8. The van der Waals surface area contributed by atoms with Gasteiger partial charge in [0.15, 0.2) is 0 Å². The van der Waals surface area contributed by atoms with Gasteiger partial charge in [-0.05, 0) is 48.6 Å². The molecule has 22 heavy (non-hydrogen) atoms. The van der Waals surface area contributed by atoms with Gasteiger partial charge in [0, 0.05) is 0 Å². The van der Waals surface area contributed by atoms with E-state index in [1.807, 2.05) is 0 Å². The third kappa shape index (κ3) is 4.34. The van der Waals surface area contributed by atoms with Gasteiger partial charge in [0.1, 0.15) is 5.54 Å². The van der Waals surface area contributed by atoms with E-state index in [9.17, 15) is 0 Å². The van der Waals surface area contributed by atoms with Gasteiger partial charge in [-0.15, -0.1) is 0 Å². The van der Waals surface area contributed by atoms with Crippen LogP contribution in [-0.4, -0.2) is 5.54 Å². The lowest BCUT2D eigenvalue weighted by Gasteiger charge is -2.16. The molecule has 2 N–H and O–H groups in total. The van der Waals surface area contributed by atoms with E-state index in [4.69, 9.17) is 11.0 Å². The first-order chi connectivity index (χ1) is 10.6. The fourth-order valence-corrected chi connectivity index (χ4v) is 3.60. The van der Waals surface area contributed by atoms with Crippen LogP contribution in [-0.2, 0) is 0 Å². The van der Waals surface area contributed by atoms with Gasteiger partial charge in [-0.2, -0.15) is 5.26 Å². The van der Waals surface area contributed by atoms with Crippen LogP contribution >= 0.6 is 0 Å². The molecule has 0 aliphatic heterocycles. The minimum atomic E-state index is -0.601. The lowest BCUT2D eigenvalue weighted by molar-refractivity contribution is 0.553. The molecule has 1 saturated carbocycles. The monoisotopic (exact) mass is 298 g/mol. The first-order valence-electron chi connectivity index (χ1n) is 8.88. The second-order valence-corrected chi connectivity index (χ2v) is 7.12. The zero-order valence-corrected chi connectivity index (χ0v) is 14.1. The molecule has 2 rings (SSSR count). The molecule has 0 amide bonds. The van der Waals surface area contributed by atoms with Gasteiger partial charge in [0.25, 0.3) is 0 Å². The Hall–Kier alpha value is -1.33. The highest BCUT2D eigenvalue weighted by Gasteiger charge is 2.36. The Morgan fingerprint density at radius 1 is 1.27 bits per heavy atom. The lowest BCUT2D eigenvalue weighted by Crippen LogP contribution is -2.34. The average molecular weight is 298 g/mol. The topological polar surface area (TPSA) is 49.8 Å². The van der Waals surface area contributed by atoms with E-state index >= 15 is 0 Å². The van der Waals surface area contributed by atoms with Gasteiger partial charge in [0.2, 0.25) is 0 Å². The highest BCUT2D eigenvalue weighted by Crippen LogP contribution is 2.39. The average Bonchev–Trinajstić information content (AvgIpc) is 2.95. The molecular formula is C20H30N2. The van der Waals surface area contributed by atoms with Gasteiger partial charge >= 0.3 is 0 Å². The molecule has 1 aromatic carbocycles. The summed E-state index contributed by atoms with van der Waals surface area (Å²) in [6.07, 6.45) is 9.28. The molecule has 0 spiro atoms. The zero-order chi connectivity index (χ0) is 16.0. The SMILES string of the molecule is CCCCCCC(C)c1ccc(C2CCC(N)(C#N)C2)cc1. The number of hydrogen-bond acceptors (Lipinski definition) is 2. The van der Waals surface area contributed by atoms with Crippen LogP contribution in [0.2, 0.25) is 0 Å². The Morgan fingerprint density at radius 2 is 2.00 bits per heavy atom. The highest BCUT2D eigenvalue weighted by atomic mass is 14.8. The summed E-state index contributed by atoms with van der Waals surface area (Å²) in [5.74, 6) is 1.10. The van der Waals surface area contributed by atoms with Crippen molar-refractivity contribution in [1.29, 1.82) is 5.26 Å². The maximum absolute atomic E-state index is 9.15. The predicted molar refractivity (Wildman–Crippen MR) is 92.7 cm³/mol. The maximum atomic E-state index is 9.15. The van der Waals surface area contributed by atoms with Crippen LogP contribution in [0.5, 0.6) is 0 Å². The van der Waals surface area contributed by atoms with Gasteiger partial charge in [-0.1, -0.05) is 63.8 Å². The Labute approximate surface area is 135 Å². The first-order valence-corrected chi connectivity index (χ1v) is 8.88. The molecule has 1 aromatic rings. The fraction of sp³-hybridized carbons (Fsp3) is 0.650. The van der Waals surface area contributed by atoms with E-state index in [0.717, 1.165) is 19.3 Å². The van der Waals surface area contributed by atoms with Crippen LogP contribution < -0.4 is 5.73 Å². The molecule has 0 aromatic heterocycles. The standard InChI is InChI=1S/C20H30N2/c1-3-4-5-6-7-16(2)17-8-10-18(11-9-17)19-12-13-20(22,14-19)15-21/h8-11,16,19H,3-7,12-14,22H2,1-2H3. The minimum Gasteiger partial charge on any atom is -0.313 e. The Morgan fingerprint density at radius 3 is 2.59 bits per heavy atom. The zero-order valence-electron chi connectivity index (χ0n) is 14.1. The number of benzene rings is 1. The van der Waals surface area contributed by atoms with Crippen molar-refractivity contribution in [3.05, 3.63) is 35.4 Å². The molecule has 120 valence electrons. The fourth-order valence-electron chi connectivity index (χ4n) is 3.60. The number of nitriles is 1. The van der Waals surface area contributed by atoms with E-state index in [-0.39, 0.29) is 0 Å². The Bertz CT molecular complexity index is 499. The van der Waals surface area contributed by atoms with Gasteiger partial charge in [-0.25, -0.2) is 0 Å². The van der Waals surface area contributed by atoms with E-state index in [0.29, 0.717) is 11.8 Å². The van der Waals surface area contributed by atoms with Crippen LogP contribution in [0.3, 0.4) is 0 Å². The number of nitrogens with zero attached hydrogens (tertiary/aromatic N) is 1. The van der Waals surface area contributed by atoms with Crippen molar-refractivity contribution in [2.75, 3.05) is 0 Å². The number of hydrogen-bond donors (Lipinski definition) is 1. The van der Waals surface area contributed by atoms with E-state index in [1.165, 1.54) is 43.2 Å². The molecule has 0 heterocycles. The summed E-state index contributed by atoms with van der Waals surface area (Å²) < 4.78 is 0. The number of unbranched alkanes of at least 4 members (excludes halogenated alkanes) is 3. The van der Waals surface area contributed by atoms with Crippen molar-refractivity contribution in [1.82, 2.24) is 0 Å². The predicted octanol–water partition coefficient (Wildman–Crippen LogP) is 5.25. The molecule has 1 aliphatic carbocycles.